The maximum absolute atomic E-state index is 8.91. The van der Waals surface area contributed by atoms with Gasteiger partial charge in [0.25, 0.3) is 0 Å². The van der Waals surface area contributed by atoms with Crippen molar-refractivity contribution in [3.05, 3.63) is 46.3 Å². The Morgan fingerprint density at radius 1 is 1.38 bits per heavy atom. The molecule has 0 saturated carbocycles. The molecule has 0 saturated heterocycles. The molecule has 0 aliphatic rings. The van der Waals surface area contributed by atoms with E-state index in [0.29, 0.717) is 6.42 Å². The van der Waals surface area contributed by atoms with E-state index in [1.165, 1.54) is 5.56 Å². The molecule has 1 rings (SSSR count). The molecular weight excluding hydrogens is 226 g/mol. The van der Waals surface area contributed by atoms with Gasteiger partial charge in [-0.1, -0.05) is 35.4 Å². The molecule has 0 fully saturated rings. The summed E-state index contributed by atoms with van der Waals surface area (Å²) in [5.74, 6) is 0. The first-order chi connectivity index (χ1) is 7.77. The van der Waals surface area contributed by atoms with Gasteiger partial charge in [0, 0.05) is 4.91 Å². The summed E-state index contributed by atoms with van der Waals surface area (Å²) >= 11 is 5.86. The highest BCUT2D eigenvalue weighted by Gasteiger charge is 2.16. The number of aliphatic hydroxyl groups is 1. The standard InChI is InChI=1S/C11H14ClN3O/c12-10(8-16)11(14-15-13)7-6-9-4-2-1-3-5-9/h1-5,10-11,16H,6-8H2/t10-,11+/m0/s1. The lowest BCUT2D eigenvalue weighted by Gasteiger charge is -2.14. The highest BCUT2D eigenvalue weighted by Crippen LogP contribution is 2.14. The molecule has 0 radical (unpaired) electrons. The minimum absolute atomic E-state index is 0.181. The quantitative estimate of drug-likeness (QED) is 0.353. The van der Waals surface area contributed by atoms with Crippen LogP contribution in [0.3, 0.4) is 0 Å². The summed E-state index contributed by atoms with van der Waals surface area (Å²) in [6, 6.07) is 9.53. The van der Waals surface area contributed by atoms with E-state index >= 15 is 0 Å². The Morgan fingerprint density at radius 2 is 2.06 bits per heavy atom. The molecule has 0 heterocycles. The van der Waals surface area contributed by atoms with Gasteiger partial charge in [0.05, 0.1) is 18.0 Å². The van der Waals surface area contributed by atoms with E-state index < -0.39 is 5.38 Å². The van der Waals surface area contributed by atoms with Crippen LogP contribution in [0.15, 0.2) is 35.4 Å². The summed E-state index contributed by atoms with van der Waals surface area (Å²) in [5, 5.41) is 12.0. The summed E-state index contributed by atoms with van der Waals surface area (Å²) in [6.07, 6.45) is 1.43. The number of nitrogens with zero attached hydrogens (tertiary/aromatic N) is 3. The van der Waals surface area contributed by atoms with Crippen LogP contribution in [0, 0.1) is 0 Å². The molecule has 5 heteroatoms. The van der Waals surface area contributed by atoms with Gasteiger partial charge in [0.2, 0.25) is 0 Å². The van der Waals surface area contributed by atoms with Crippen molar-refractivity contribution in [1.82, 2.24) is 0 Å². The monoisotopic (exact) mass is 239 g/mol. The Labute approximate surface area is 99.5 Å². The van der Waals surface area contributed by atoms with Crippen molar-refractivity contribution in [2.24, 2.45) is 5.11 Å². The minimum atomic E-state index is -0.514. The van der Waals surface area contributed by atoms with Gasteiger partial charge in [0.15, 0.2) is 0 Å². The second-order valence-electron chi connectivity index (χ2n) is 3.50. The lowest BCUT2D eigenvalue weighted by atomic mass is 10.0. The third-order valence-corrected chi connectivity index (χ3v) is 2.79. The lowest BCUT2D eigenvalue weighted by molar-refractivity contribution is 0.277. The number of alkyl halides is 1. The third kappa shape index (κ3) is 4.11. The van der Waals surface area contributed by atoms with Crippen molar-refractivity contribution in [3.8, 4) is 0 Å². The SMILES string of the molecule is [N-]=[N+]=N[C@H](CCc1ccccc1)[C@@H](Cl)CO. The largest absolute Gasteiger partial charge is 0.395 e. The average Bonchev–Trinajstić information content (AvgIpc) is 2.34. The lowest BCUT2D eigenvalue weighted by Crippen LogP contribution is -2.22. The van der Waals surface area contributed by atoms with Crippen LogP contribution in [0.4, 0.5) is 0 Å². The van der Waals surface area contributed by atoms with E-state index in [-0.39, 0.29) is 12.6 Å². The molecular formula is C11H14ClN3O. The van der Waals surface area contributed by atoms with E-state index in [2.05, 4.69) is 10.0 Å². The number of aryl methyl sites for hydroxylation is 1. The van der Waals surface area contributed by atoms with Crippen molar-refractivity contribution in [2.75, 3.05) is 6.61 Å². The summed E-state index contributed by atoms with van der Waals surface area (Å²) in [5.41, 5.74) is 9.57. The number of halogens is 1. The molecule has 4 nitrogen and oxygen atoms in total. The highest BCUT2D eigenvalue weighted by molar-refractivity contribution is 6.21. The number of aliphatic hydroxyl groups excluding tert-OH is 1. The molecule has 0 aliphatic heterocycles. The highest BCUT2D eigenvalue weighted by atomic mass is 35.5. The Balaban J connectivity index is 2.53. The van der Waals surface area contributed by atoms with Crippen LogP contribution in [-0.4, -0.2) is 23.1 Å². The van der Waals surface area contributed by atoms with Gasteiger partial charge >= 0.3 is 0 Å². The molecule has 0 aliphatic carbocycles. The number of benzene rings is 1. The van der Waals surface area contributed by atoms with E-state index in [9.17, 15) is 0 Å². The number of azide groups is 1. The molecule has 2 atom stereocenters. The fourth-order valence-corrected chi connectivity index (χ4v) is 1.63. The van der Waals surface area contributed by atoms with E-state index in [1.54, 1.807) is 0 Å². The van der Waals surface area contributed by atoms with Crippen LogP contribution in [-0.2, 0) is 6.42 Å². The molecule has 0 bridgehead atoms. The molecule has 86 valence electrons. The van der Waals surface area contributed by atoms with Gasteiger partial charge in [-0.25, -0.2) is 0 Å². The van der Waals surface area contributed by atoms with Gasteiger partial charge in [-0.05, 0) is 23.9 Å². The topological polar surface area (TPSA) is 69.0 Å². The van der Waals surface area contributed by atoms with E-state index in [1.807, 2.05) is 30.3 Å². The average molecular weight is 240 g/mol. The second kappa shape index (κ2) is 7.12. The number of rotatable bonds is 6. The zero-order valence-electron chi connectivity index (χ0n) is 8.83. The molecule has 0 aromatic heterocycles. The molecule has 0 unspecified atom stereocenters. The van der Waals surface area contributed by atoms with Crippen LogP contribution in [0.5, 0.6) is 0 Å². The van der Waals surface area contributed by atoms with Crippen molar-refractivity contribution >= 4 is 11.6 Å². The van der Waals surface area contributed by atoms with Crippen molar-refractivity contribution < 1.29 is 5.11 Å². The van der Waals surface area contributed by atoms with Crippen molar-refractivity contribution in [3.63, 3.8) is 0 Å². The van der Waals surface area contributed by atoms with Crippen LogP contribution < -0.4 is 0 Å². The Kier molecular flexibility index (Phi) is 5.72. The Hall–Kier alpha value is -1.22. The van der Waals surface area contributed by atoms with Crippen molar-refractivity contribution in [2.45, 2.75) is 24.3 Å². The van der Waals surface area contributed by atoms with Gasteiger partial charge in [-0.2, -0.15) is 0 Å². The smallest absolute Gasteiger partial charge is 0.0651 e. The Morgan fingerprint density at radius 3 is 2.62 bits per heavy atom. The predicted molar refractivity (Wildman–Crippen MR) is 64.4 cm³/mol. The first kappa shape index (κ1) is 12.8. The summed E-state index contributed by atoms with van der Waals surface area (Å²) in [6.45, 7) is -0.181. The fraction of sp³-hybridized carbons (Fsp3) is 0.455. The Bertz CT molecular complexity index is 352. The van der Waals surface area contributed by atoms with Gasteiger partial charge < -0.3 is 5.11 Å². The summed E-state index contributed by atoms with van der Waals surface area (Å²) in [4.78, 5) is 2.75. The van der Waals surface area contributed by atoms with Gasteiger partial charge in [0.1, 0.15) is 0 Å². The molecule has 0 amide bonds. The van der Waals surface area contributed by atoms with E-state index in [0.717, 1.165) is 6.42 Å². The molecule has 1 N–H and O–H groups in total. The van der Waals surface area contributed by atoms with E-state index in [4.69, 9.17) is 22.2 Å². The molecule has 16 heavy (non-hydrogen) atoms. The fourth-order valence-electron chi connectivity index (χ4n) is 1.46. The normalized spacial score (nSPS) is 13.9. The van der Waals surface area contributed by atoms with Crippen LogP contribution in [0.25, 0.3) is 10.4 Å². The second-order valence-corrected chi connectivity index (χ2v) is 4.06. The first-order valence-corrected chi connectivity index (χ1v) is 5.54. The van der Waals surface area contributed by atoms with Crippen LogP contribution in [0.2, 0.25) is 0 Å². The zero-order valence-corrected chi connectivity index (χ0v) is 9.59. The first-order valence-electron chi connectivity index (χ1n) is 5.11. The van der Waals surface area contributed by atoms with Crippen LogP contribution in [0.1, 0.15) is 12.0 Å². The molecule has 1 aromatic carbocycles. The van der Waals surface area contributed by atoms with Gasteiger partial charge in [-0.15, -0.1) is 11.6 Å². The maximum Gasteiger partial charge on any atom is 0.0651 e. The third-order valence-electron chi connectivity index (χ3n) is 2.36. The van der Waals surface area contributed by atoms with Crippen molar-refractivity contribution in [1.29, 1.82) is 0 Å². The molecule has 1 aromatic rings. The predicted octanol–water partition coefficient (Wildman–Crippen LogP) is 2.90. The summed E-state index contributed by atoms with van der Waals surface area (Å²) in [7, 11) is 0. The van der Waals surface area contributed by atoms with Crippen LogP contribution >= 0.6 is 11.6 Å². The van der Waals surface area contributed by atoms with Gasteiger partial charge in [-0.3, -0.25) is 0 Å². The summed E-state index contributed by atoms with van der Waals surface area (Å²) < 4.78 is 0. The zero-order chi connectivity index (χ0) is 11.8. The number of hydrogen-bond donors (Lipinski definition) is 1. The minimum Gasteiger partial charge on any atom is -0.395 e. The molecule has 0 spiro atoms. The number of hydrogen-bond acceptors (Lipinski definition) is 2. The maximum atomic E-state index is 8.91.